The molecule has 1 aromatic heterocycles. The maximum atomic E-state index is 12.5. The molecule has 0 aliphatic carbocycles. The Labute approximate surface area is 154 Å². The predicted octanol–water partition coefficient (Wildman–Crippen LogP) is 3.75. The Morgan fingerprint density at radius 1 is 1.08 bits per heavy atom. The molecule has 0 radical (unpaired) electrons. The van der Waals surface area contributed by atoms with Crippen molar-refractivity contribution in [2.45, 2.75) is 26.7 Å². The van der Waals surface area contributed by atoms with Crippen LogP contribution >= 0.6 is 0 Å². The first-order chi connectivity index (χ1) is 12.6. The minimum Gasteiger partial charge on any atom is -0.465 e. The summed E-state index contributed by atoms with van der Waals surface area (Å²) in [6.07, 6.45) is 3.81. The maximum absolute atomic E-state index is 12.5. The van der Waals surface area contributed by atoms with Gasteiger partial charge in [-0.1, -0.05) is 26.0 Å². The number of rotatable bonds is 8. The minimum atomic E-state index is -0.501. The van der Waals surface area contributed by atoms with Crippen LogP contribution in [0.3, 0.4) is 0 Å². The second-order valence-electron chi connectivity index (χ2n) is 5.88. The molecule has 26 heavy (non-hydrogen) atoms. The van der Waals surface area contributed by atoms with E-state index in [0.717, 1.165) is 31.6 Å². The molecule has 0 aliphatic heterocycles. The van der Waals surface area contributed by atoms with Crippen LogP contribution in [0.5, 0.6) is 0 Å². The number of carbonyl (C=O) groups is 2. The van der Waals surface area contributed by atoms with Crippen molar-refractivity contribution in [3.05, 3.63) is 53.9 Å². The number of nitrogens with one attached hydrogen (secondary N) is 1. The number of ether oxygens (including phenoxy) is 1. The van der Waals surface area contributed by atoms with Gasteiger partial charge in [0.15, 0.2) is 0 Å². The van der Waals surface area contributed by atoms with Crippen LogP contribution in [-0.4, -0.2) is 37.1 Å². The molecule has 6 heteroatoms. The third-order valence-electron chi connectivity index (χ3n) is 3.91. The summed E-state index contributed by atoms with van der Waals surface area (Å²) in [7, 11) is 1.31. The number of anilines is 2. The lowest BCUT2D eigenvalue weighted by Gasteiger charge is -2.23. The largest absolute Gasteiger partial charge is 0.465 e. The van der Waals surface area contributed by atoms with Gasteiger partial charge >= 0.3 is 5.97 Å². The van der Waals surface area contributed by atoms with E-state index in [0.29, 0.717) is 16.9 Å². The fraction of sp³-hybridized carbons (Fsp3) is 0.350. The number of esters is 1. The Morgan fingerprint density at radius 3 is 2.35 bits per heavy atom. The number of hydrogen-bond donors (Lipinski definition) is 1. The zero-order chi connectivity index (χ0) is 18.9. The molecule has 0 saturated heterocycles. The van der Waals surface area contributed by atoms with Gasteiger partial charge in [0.25, 0.3) is 5.91 Å². The summed E-state index contributed by atoms with van der Waals surface area (Å²) in [6.45, 7) is 6.18. The molecule has 138 valence electrons. The third-order valence-corrected chi connectivity index (χ3v) is 3.91. The van der Waals surface area contributed by atoms with Crippen molar-refractivity contribution < 1.29 is 14.3 Å². The molecule has 0 atom stereocenters. The van der Waals surface area contributed by atoms with E-state index in [4.69, 9.17) is 4.74 Å². The highest BCUT2D eigenvalue weighted by atomic mass is 16.5. The fourth-order valence-electron chi connectivity index (χ4n) is 2.68. The van der Waals surface area contributed by atoms with Crippen molar-refractivity contribution in [2.75, 3.05) is 30.4 Å². The number of aromatic nitrogens is 1. The van der Waals surface area contributed by atoms with Crippen molar-refractivity contribution in [1.82, 2.24) is 4.98 Å². The highest BCUT2D eigenvalue weighted by Gasteiger charge is 2.15. The van der Waals surface area contributed by atoms with Gasteiger partial charge in [0.1, 0.15) is 5.69 Å². The highest BCUT2D eigenvalue weighted by Crippen LogP contribution is 2.18. The topological polar surface area (TPSA) is 71.5 Å². The van der Waals surface area contributed by atoms with Crippen LogP contribution in [0.25, 0.3) is 0 Å². The first-order valence-corrected chi connectivity index (χ1v) is 8.80. The first kappa shape index (κ1) is 19.4. The van der Waals surface area contributed by atoms with Gasteiger partial charge in [-0.05, 0) is 37.1 Å². The van der Waals surface area contributed by atoms with E-state index in [2.05, 4.69) is 29.0 Å². The standard InChI is InChI=1S/C20H25N3O3/c1-4-12-23(13-5-2)15-10-11-18(21-14-15)19(24)22-17-9-7-6-8-16(17)20(25)26-3/h6-11,14H,4-5,12-13H2,1-3H3,(H,22,24). The SMILES string of the molecule is CCCN(CCC)c1ccc(C(=O)Nc2ccccc2C(=O)OC)nc1. The predicted molar refractivity (Wildman–Crippen MR) is 103 cm³/mol. The summed E-state index contributed by atoms with van der Waals surface area (Å²) in [6, 6.07) is 10.3. The number of para-hydroxylation sites is 1. The average Bonchev–Trinajstić information content (AvgIpc) is 2.67. The second kappa shape index (κ2) is 9.56. The van der Waals surface area contributed by atoms with Gasteiger partial charge in [0.2, 0.25) is 0 Å². The van der Waals surface area contributed by atoms with E-state index in [1.807, 2.05) is 6.07 Å². The number of nitrogens with zero attached hydrogens (tertiary/aromatic N) is 2. The summed E-state index contributed by atoms with van der Waals surface area (Å²) in [5, 5.41) is 2.73. The van der Waals surface area contributed by atoms with Gasteiger partial charge in [-0.2, -0.15) is 0 Å². The second-order valence-corrected chi connectivity index (χ2v) is 5.88. The molecule has 0 spiro atoms. The van der Waals surface area contributed by atoms with Crippen LogP contribution in [0.2, 0.25) is 0 Å². The molecule has 2 aromatic rings. The molecule has 0 bridgehead atoms. The Bertz CT molecular complexity index is 738. The van der Waals surface area contributed by atoms with Gasteiger partial charge in [-0.3, -0.25) is 4.79 Å². The molecule has 1 heterocycles. The quantitative estimate of drug-likeness (QED) is 0.730. The number of carbonyl (C=O) groups excluding carboxylic acids is 2. The zero-order valence-corrected chi connectivity index (χ0v) is 15.5. The lowest BCUT2D eigenvalue weighted by atomic mass is 10.1. The normalized spacial score (nSPS) is 10.3. The zero-order valence-electron chi connectivity index (χ0n) is 15.5. The van der Waals surface area contributed by atoms with Crippen molar-refractivity contribution in [2.24, 2.45) is 0 Å². The number of pyridine rings is 1. The third kappa shape index (κ3) is 4.81. The van der Waals surface area contributed by atoms with Crippen LogP contribution < -0.4 is 10.2 Å². The van der Waals surface area contributed by atoms with E-state index in [1.165, 1.54) is 7.11 Å². The number of amides is 1. The summed E-state index contributed by atoms with van der Waals surface area (Å²) in [4.78, 5) is 30.8. The van der Waals surface area contributed by atoms with Crippen molar-refractivity contribution in [3.63, 3.8) is 0 Å². The molecule has 2 rings (SSSR count). The van der Waals surface area contributed by atoms with E-state index >= 15 is 0 Å². The Balaban J connectivity index is 2.15. The van der Waals surface area contributed by atoms with Gasteiger partial charge in [0.05, 0.1) is 30.2 Å². The lowest BCUT2D eigenvalue weighted by Crippen LogP contribution is -2.25. The Morgan fingerprint density at radius 2 is 1.77 bits per heavy atom. The van der Waals surface area contributed by atoms with Gasteiger partial charge in [-0.25, -0.2) is 9.78 Å². The molecule has 0 saturated carbocycles. The highest BCUT2D eigenvalue weighted by molar-refractivity contribution is 6.07. The Kier molecular flexibility index (Phi) is 7.14. The molecule has 1 amide bonds. The molecule has 0 unspecified atom stereocenters. The maximum Gasteiger partial charge on any atom is 0.339 e. The number of benzene rings is 1. The van der Waals surface area contributed by atoms with Crippen LogP contribution in [0, 0.1) is 0 Å². The van der Waals surface area contributed by atoms with Gasteiger partial charge in [-0.15, -0.1) is 0 Å². The summed E-state index contributed by atoms with van der Waals surface area (Å²) in [5.74, 6) is -0.871. The van der Waals surface area contributed by atoms with Gasteiger partial charge < -0.3 is 15.0 Å². The Hall–Kier alpha value is -2.89. The molecule has 6 nitrogen and oxygen atoms in total. The van der Waals surface area contributed by atoms with Gasteiger partial charge in [0, 0.05) is 13.1 Å². The minimum absolute atomic E-state index is 0.293. The van der Waals surface area contributed by atoms with Crippen LogP contribution in [0.15, 0.2) is 42.6 Å². The molecule has 0 fully saturated rings. The van der Waals surface area contributed by atoms with E-state index in [9.17, 15) is 9.59 Å². The van der Waals surface area contributed by atoms with Crippen LogP contribution in [-0.2, 0) is 4.74 Å². The number of hydrogen-bond acceptors (Lipinski definition) is 5. The van der Waals surface area contributed by atoms with E-state index in [-0.39, 0.29) is 5.91 Å². The lowest BCUT2D eigenvalue weighted by molar-refractivity contribution is 0.0602. The molecule has 1 N–H and O–H groups in total. The monoisotopic (exact) mass is 355 g/mol. The fourth-order valence-corrected chi connectivity index (χ4v) is 2.68. The smallest absolute Gasteiger partial charge is 0.339 e. The van der Waals surface area contributed by atoms with E-state index in [1.54, 1.807) is 36.5 Å². The van der Waals surface area contributed by atoms with Crippen LogP contribution in [0.1, 0.15) is 47.5 Å². The van der Waals surface area contributed by atoms with Crippen molar-refractivity contribution in [1.29, 1.82) is 0 Å². The summed E-state index contributed by atoms with van der Waals surface area (Å²) in [5.41, 5.74) is 1.99. The van der Waals surface area contributed by atoms with Crippen molar-refractivity contribution in [3.8, 4) is 0 Å². The molecule has 1 aromatic carbocycles. The molecular weight excluding hydrogens is 330 g/mol. The molecule has 0 aliphatic rings. The summed E-state index contributed by atoms with van der Waals surface area (Å²) >= 11 is 0. The summed E-state index contributed by atoms with van der Waals surface area (Å²) < 4.78 is 4.74. The number of methoxy groups -OCH3 is 1. The molecular formula is C20H25N3O3. The van der Waals surface area contributed by atoms with Crippen LogP contribution in [0.4, 0.5) is 11.4 Å². The van der Waals surface area contributed by atoms with Crippen molar-refractivity contribution >= 4 is 23.3 Å². The van der Waals surface area contributed by atoms with E-state index < -0.39 is 5.97 Å². The average molecular weight is 355 g/mol. The first-order valence-electron chi connectivity index (χ1n) is 8.80.